The van der Waals surface area contributed by atoms with E-state index in [0.29, 0.717) is 25.2 Å². The fourth-order valence-electron chi connectivity index (χ4n) is 2.57. The predicted octanol–water partition coefficient (Wildman–Crippen LogP) is 3.34. The van der Waals surface area contributed by atoms with Gasteiger partial charge in [0.05, 0.1) is 13.2 Å². The minimum absolute atomic E-state index is 0.672. The Morgan fingerprint density at radius 3 is 2.75 bits per heavy atom. The molecular weight excluding hydrogens is 318 g/mol. The second kappa shape index (κ2) is 8.78. The van der Waals surface area contributed by atoms with Crippen LogP contribution >= 0.6 is 15.9 Å². The summed E-state index contributed by atoms with van der Waals surface area (Å²) in [4.78, 5) is 0. The highest BCUT2D eigenvalue weighted by atomic mass is 79.9. The molecule has 0 radical (unpaired) electrons. The molecule has 0 amide bonds. The molecule has 1 saturated carbocycles. The molecule has 4 heteroatoms. The van der Waals surface area contributed by atoms with Crippen LogP contribution < -0.4 is 5.32 Å². The quantitative estimate of drug-likeness (QED) is 0.699. The standard InChI is InChI=1S/C16H24BrNO2/c1-19-9-10-20-8-4-7-18-14-11-13(12-14)15-5-2-3-6-16(15)17/h2-3,5-6,13-14,18H,4,7-12H2,1H3. The maximum absolute atomic E-state index is 5.44. The highest BCUT2D eigenvalue weighted by Gasteiger charge is 2.30. The van der Waals surface area contributed by atoms with Crippen LogP contribution in [0.2, 0.25) is 0 Å². The Bertz CT molecular complexity index is 394. The Morgan fingerprint density at radius 2 is 2.00 bits per heavy atom. The Hall–Kier alpha value is -0.420. The van der Waals surface area contributed by atoms with Gasteiger partial charge in [-0.15, -0.1) is 0 Å². The molecule has 0 bridgehead atoms. The highest BCUT2D eigenvalue weighted by Crippen LogP contribution is 2.39. The zero-order valence-corrected chi connectivity index (χ0v) is 13.7. The van der Waals surface area contributed by atoms with E-state index < -0.39 is 0 Å². The second-order valence-corrected chi connectivity index (χ2v) is 6.15. The fraction of sp³-hybridized carbons (Fsp3) is 0.625. The average Bonchev–Trinajstić information content (AvgIpc) is 2.41. The van der Waals surface area contributed by atoms with Gasteiger partial charge in [-0.25, -0.2) is 0 Å². The van der Waals surface area contributed by atoms with E-state index in [9.17, 15) is 0 Å². The number of nitrogens with one attached hydrogen (secondary N) is 1. The molecular formula is C16H24BrNO2. The van der Waals surface area contributed by atoms with Gasteiger partial charge in [-0.2, -0.15) is 0 Å². The third-order valence-corrected chi connectivity index (χ3v) is 4.54. The van der Waals surface area contributed by atoms with Crippen molar-refractivity contribution in [1.29, 1.82) is 0 Å². The lowest BCUT2D eigenvalue weighted by atomic mass is 9.76. The first-order valence-electron chi connectivity index (χ1n) is 7.35. The average molecular weight is 342 g/mol. The topological polar surface area (TPSA) is 30.5 Å². The molecule has 0 aliphatic heterocycles. The Kier molecular flexibility index (Phi) is 7.00. The summed E-state index contributed by atoms with van der Waals surface area (Å²) in [6.07, 6.45) is 3.56. The van der Waals surface area contributed by atoms with Crippen molar-refractivity contribution >= 4 is 15.9 Å². The van der Waals surface area contributed by atoms with Crippen molar-refractivity contribution in [1.82, 2.24) is 5.32 Å². The number of ether oxygens (including phenoxy) is 2. The van der Waals surface area contributed by atoms with Gasteiger partial charge in [-0.3, -0.25) is 0 Å². The Labute approximate surface area is 130 Å². The van der Waals surface area contributed by atoms with E-state index >= 15 is 0 Å². The van der Waals surface area contributed by atoms with E-state index in [2.05, 4.69) is 45.5 Å². The Balaban J connectivity index is 1.53. The van der Waals surface area contributed by atoms with Crippen molar-refractivity contribution in [2.45, 2.75) is 31.2 Å². The normalized spacial score (nSPS) is 21.7. The van der Waals surface area contributed by atoms with Gasteiger partial charge in [0.25, 0.3) is 0 Å². The van der Waals surface area contributed by atoms with Crippen LogP contribution in [0, 0.1) is 0 Å². The third kappa shape index (κ3) is 4.85. The fourth-order valence-corrected chi connectivity index (χ4v) is 3.18. The molecule has 1 aliphatic carbocycles. The smallest absolute Gasteiger partial charge is 0.0700 e. The molecule has 0 unspecified atom stereocenters. The van der Waals surface area contributed by atoms with Crippen LogP contribution in [-0.2, 0) is 9.47 Å². The van der Waals surface area contributed by atoms with Crippen LogP contribution in [-0.4, -0.2) is 39.5 Å². The molecule has 1 aromatic rings. The van der Waals surface area contributed by atoms with E-state index in [-0.39, 0.29) is 0 Å². The first-order chi connectivity index (χ1) is 9.81. The van der Waals surface area contributed by atoms with Crippen molar-refractivity contribution in [3.8, 4) is 0 Å². The largest absolute Gasteiger partial charge is 0.382 e. The molecule has 112 valence electrons. The first kappa shape index (κ1) is 16.0. The summed E-state index contributed by atoms with van der Waals surface area (Å²) in [6, 6.07) is 9.23. The summed E-state index contributed by atoms with van der Waals surface area (Å²) in [7, 11) is 1.70. The molecule has 1 N–H and O–H groups in total. The maximum atomic E-state index is 5.44. The summed E-state index contributed by atoms with van der Waals surface area (Å²) < 4.78 is 11.6. The van der Waals surface area contributed by atoms with E-state index in [1.807, 2.05) is 0 Å². The van der Waals surface area contributed by atoms with Crippen LogP contribution in [0.4, 0.5) is 0 Å². The molecule has 0 atom stereocenters. The van der Waals surface area contributed by atoms with Crippen molar-refractivity contribution in [3.63, 3.8) is 0 Å². The molecule has 1 aromatic carbocycles. The molecule has 2 rings (SSSR count). The van der Waals surface area contributed by atoms with Gasteiger partial charge in [0.2, 0.25) is 0 Å². The molecule has 20 heavy (non-hydrogen) atoms. The van der Waals surface area contributed by atoms with Crippen molar-refractivity contribution < 1.29 is 9.47 Å². The molecule has 3 nitrogen and oxygen atoms in total. The molecule has 1 aliphatic rings. The van der Waals surface area contributed by atoms with E-state index in [0.717, 1.165) is 19.6 Å². The number of benzene rings is 1. The summed E-state index contributed by atoms with van der Waals surface area (Å²) in [6.45, 7) is 3.24. The van der Waals surface area contributed by atoms with Crippen molar-refractivity contribution in [2.75, 3.05) is 33.5 Å². The van der Waals surface area contributed by atoms with E-state index in [1.54, 1.807) is 7.11 Å². The highest BCUT2D eigenvalue weighted by molar-refractivity contribution is 9.10. The lowest BCUT2D eigenvalue weighted by Gasteiger charge is -2.37. The molecule has 0 spiro atoms. The molecule has 0 heterocycles. The van der Waals surface area contributed by atoms with Gasteiger partial charge < -0.3 is 14.8 Å². The van der Waals surface area contributed by atoms with Crippen molar-refractivity contribution in [2.24, 2.45) is 0 Å². The van der Waals surface area contributed by atoms with Crippen molar-refractivity contribution in [3.05, 3.63) is 34.3 Å². The second-order valence-electron chi connectivity index (χ2n) is 5.30. The molecule has 0 saturated heterocycles. The number of methoxy groups -OCH3 is 1. The SMILES string of the molecule is COCCOCCCNC1CC(c2ccccc2Br)C1. The van der Waals surface area contributed by atoms with Gasteiger partial charge in [0.15, 0.2) is 0 Å². The van der Waals surface area contributed by atoms with Gasteiger partial charge >= 0.3 is 0 Å². The zero-order valence-electron chi connectivity index (χ0n) is 12.1. The van der Waals surface area contributed by atoms with Crippen LogP contribution in [0.15, 0.2) is 28.7 Å². The van der Waals surface area contributed by atoms with Crippen LogP contribution in [0.3, 0.4) is 0 Å². The minimum atomic E-state index is 0.672. The summed E-state index contributed by atoms with van der Waals surface area (Å²) in [5.41, 5.74) is 1.45. The monoisotopic (exact) mass is 341 g/mol. The lowest BCUT2D eigenvalue weighted by Crippen LogP contribution is -2.40. The third-order valence-electron chi connectivity index (χ3n) is 3.81. The summed E-state index contributed by atoms with van der Waals surface area (Å²) in [5.74, 6) is 0.709. The number of hydrogen-bond acceptors (Lipinski definition) is 3. The minimum Gasteiger partial charge on any atom is -0.382 e. The van der Waals surface area contributed by atoms with E-state index in [1.165, 1.54) is 22.9 Å². The van der Waals surface area contributed by atoms with Gasteiger partial charge in [0, 0.05) is 24.2 Å². The summed E-state index contributed by atoms with van der Waals surface area (Å²) in [5, 5.41) is 3.60. The van der Waals surface area contributed by atoms with Gasteiger partial charge in [-0.05, 0) is 43.4 Å². The van der Waals surface area contributed by atoms with E-state index in [4.69, 9.17) is 9.47 Å². The number of halogens is 1. The van der Waals surface area contributed by atoms with Crippen LogP contribution in [0.1, 0.15) is 30.7 Å². The van der Waals surface area contributed by atoms with Crippen LogP contribution in [0.25, 0.3) is 0 Å². The maximum Gasteiger partial charge on any atom is 0.0700 e. The van der Waals surface area contributed by atoms with Crippen LogP contribution in [0.5, 0.6) is 0 Å². The number of hydrogen-bond donors (Lipinski definition) is 1. The lowest BCUT2D eigenvalue weighted by molar-refractivity contribution is 0.0688. The summed E-state index contributed by atoms with van der Waals surface area (Å²) >= 11 is 3.64. The zero-order chi connectivity index (χ0) is 14.2. The molecule has 1 fully saturated rings. The first-order valence-corrected chi connectivity index (χ1v) is 8.15. The van der Waals surface area contributed by atoms with Gasteiger partial charge in [-0.1, -0.05) is 34.1 Å². The Morgan fingerprint density at radius 1 is 1.20 bits per heavy atom. The predicted molar refractivity (Wildman–Crippen MR) is 85.2 cm³/mol. The van der Waals surface area contributed by atoms with Gasteiger partial charge in [0.1, 0.15) is 0 Å². The molecule has 0 aromatic heterocycles. The number of rotatable bonds is 9.